The summed E-state index contributed by atoms with van der Waals surface area (Å²) in [6, 6.07) is 12.4. The molecule has 0 saturated heterocycles. The fourth-order valence-corrected chi connectivity index (χ4v) is 2.52. The first-order chi connectivity index (χ1) is 10.1. The molecule has 1 N–H and O–H groups in total. The zero-order valence-electron chi connectivity index (χ0n) is 11.0. The van der Waals surface area contributed by atoms with E-state index in [0.717, 1.165) is 17.0 Å². The summed E-state index contributed by atoms with van der Waals surface area (Å²) in [6.45, 7) is 0.637. The maximum absolute atomic E-state index is 9.33. The van der Waals surface area contributed by atoms with Gasteiger partial charge >= 0.3 is 0 Å². The molecule has 0 aliphatic rings. The highest BCUT2D eigenvalue weighted by Gasteiger charge is 2.11. The van der Waals surface area contributed by atoms with E-state index in [4.69, 9.17) is 23.2 Å². The molecule has 0 radical (unpaired) electrons. The minimum Gasteiger partial charge on any atom is -0.508 e. The average molecular weight is 319 g/mol. The van der Waals surface area contributed by atoms with Crippen molar-refractivity contribution in [2.75, 3.05) is 0 Å². The summed E-state index contributed by atoms with van der Waals surface area (Å²) in [5.41, 5.74) is 1.86. The molecule has 0 unspecified atom stereocenters. The molecule has 0 aliphatic carbocycles. The van der Waals surface area contributed by atoms with Crippen LogP contribution in [-0.2, 0) is 6.54 Å². The van der Waals surface area contributed by atoms with Crippen LogP contribution in [0.3, 0.4) is 0 Å². The molecule has 5 heteroatoms. The first kappa shape index (κ1) is 14.0. The highest BCUT2D eigenvalue weighted by atomic mass is 35.5. The van der Waals surface area contributed by atoms with E-state index in [9.17, 15) is 5.11 Å². The number of nitrogens with zero attached hydrogens (tertiary/aromatic N) is 2. The number of phenolic OH excluding ortho intramolecular Hbond substituents is 1. The van der Waals surface area contributed by atoms with Crippen molar-refractivity contribution >= 4 is 23.2 Å². The summed E-state index contributed by atoms with van der Waals surface area (Å²) in [7, 11) is 0. The van der Waals surface area contributed by atoms with E-state index in [-0.39, 0.29) is 5.75 Å². The van der Waals surface area contributed by atoms with E-state index in [0.29, 0.717) is 16.6 Å². The lowest BCUT2D eigenvalue weighted by atomic mass is 10.2. The highest BCUT2D eigenvalue weighted by Crippen LogP contribution is 2.29. The van der Waals surface area contributed by atoms with Gasteiger partial charge in [-0.3, -0.25) is 0 Å². The molecule has 106 valence electrons. The number of hydrogen-bond donors (Lipinski definition) is 1. The molecule has 0 spiro atoms. The van der Waals surface area contributed by atoms with E-state index in [1.54, 1.807) is 36.5 Å². The van der Waals surface area contributed by atoms with Gasteiger partial charge in [-0.1, -0.05) is 35.3 Å². The summed E-state index contributed by atoms with van der Waals surface area (Å²) in [5, 5.41) is 10.6. The van der Waals surface area contributed by atoms with Gasteiger partial charge in [0.1, 0.15) is 11.6 Å². The fourth-order valence-electron chi connectivity index (χ4n) is 2.15. The number of halogens is 2. The first-order valence-corrected chi connectivity index (χ1v) is 7.13. The summed E-state index contributed by atoms with van der Waals surface area (Å²) in [6.07, 6.45) is 3.62. The Balaban J connectivity index is 1.97. The van der Waals surface area contributed by atoms with Gasteiger partial charge in [-0.15, -0.1) is 0 Å². The molecule has 3 nitrogen and oxygen atoms in total. The van der Waals surface area contributed by atoms with E-state index in [1.165, 1.54) is 0 Å². The van der Waals surface area contributed by atoms with Crippen LogP contribution < -0.4 is 0 Å². The van der Waals surface area contributed by atoms with Crippen molar-refractivity contribution in [2.24, 2.45) is 0 Å². The number of rotatable bonds is 3. The van der Waals surface area contributed by atoms with E-state index in [2.05, 4.69) is 4.98 Å². The second-order valence-corrected chi connectivity index (χ2v) is 5.51. The maximum atomic E-state index is 9.33. The maximum Gasteiger partial charge on any atom is 0.141 e. The van der Waals surface area contributed by atoms with E-state index >= 15 is 0 Å². The number of phenols is 1. The van der Waals surface area contributed by atoms with Gasteiger partial charge in [-0.25, -0.2) is 4.98 Å². The van der Waals surface area contributed by atoms with Crippen LogP contribution in [0.5, 0.6) is 5.75 Å². The van der Waals surface area contributed by atoms with Crippen molar-refractivity contribution in [1.29, 1.82) is 0 Å². The third kappa shape index (κ3) is 3.04. The average Bonchev–Trinajstić information content (AvgIpc) is 2.92. The molecular weight excluding hydrogens is 307 g/mol. The molecule has 1 heterocycles. The predicted molar refractivity (Wildman–Crippen MR) is 84.9 cm³/mol. The van der Waals surface area contributed by atoms with Crippen LogP contribution in [0, 0.1) is 0 Å². The molecule has 2 aromatic carbocycles. The van der Waals surface area contributed by atoms with Gasteiger partial charge in [0.2, 0.25) is 0 Å². The van der Waals surface area contributed by atoms with Crippen molar-refractivity contribution in [3.63, 3.8) is 0 Å². The fraction of sp³-hybridized carbons (Fsp3) is 0.0625. The Kier molecular flexibility index (Phi) is 3.86. The highest BCUT2D eigenvalue weighted by molar-refractivity contribution is 6.35. The van der Waals surface area contributed by atoms with Gasteiger partial charge in [0, 0.05) is 29.5 Å². The second-order valence-electron chi connectivity index (χ2n) is 4.67. The molecule has 0 fully saturated rings. The van der Waals surface area contributed by atoms with Gasteiger partial charge in [0.15, 0.2) is 0 Å². The zero-order valence-corrected chi connectivity index (χ0v) is 12.5. The molecular formula is C16H12Cl2N2O. The van der Waals surface area contributed by atoms with Gasteiger partial charge in [-0.2, -0.15) is 0 Å². The SMILES string of the molecule is Oc1ccc(Cn2ccnc2-c2cc(Cl)ccc2Cl)cc1. The third-order valence-electron chi connectivity index (χ3n) is 3.17. The van der Waals surface area contributed by atoms with Gasteiger partial charge in [-0.05, 0) is 35.9 Å². The summed E-state index contributed by atoms with van der Waals surface area (Å²) in [4.78, 5) is 4.37. The number of imidazole rings is 1. The third-order valence-corrected chi connectivity index (χ3v) is 3.74. The molecule has 3 aromatic rings. The lowest BCUT2D eigenvalue weighted by Crippen LogP contribution is -2.01. The Morgan fingerprint density at radius 1 is 1.05 bits per heavy atom. The smallest absolute Gasteiger partial charge is 0.141 e. The normalized spacial score (nSPS) is 10.8. The molecule has 3 rings (SSSR count). The van der Waals surface area contributed by atoms with Crippen LogP contribution in [0.1, 0.15) is 5.56 Å². The summed E-state index contributed by atoms with van der Waals surface area (Å²) < 4.78 is 1.99. The Morgan fingerprint density at radius 2 is 1.81 bits per heavy atom. The lowest BCUT2D eigenvalue weighted by Gasteiger charge is -2.10. The van der Waals surface area contributed by atoms with Crippen LogP contribution in [-0.4, -0.2) is 14.7 Å². The standard InChI is InChI=1S/C16H12Cl2N2O/c17-12-3-6-15(18)14(9-12)16-19-7-8-20(16)10-11-1-4-13(21)5-2-11/h1-9,21H,10H2. The molecule has 0 atom stereocenters. The largest absolute Gasteiger partial charge is 0.508 e. The van der Waals surface area contributed by atoms with E-state index < -0.39 is 0 Å². The first-order valence-electron chi connectivity index (χ1n) is 6.38. The second kappa shape index (κ2) is 5.80. The van der Waals surface area contributed by atoms with Gasteiger partial charge in [0.05, 0.1) is 5.02 Å². The molecule has 0 amide bonds. The van der Waals surface area contributed by atoms with E-state index in [1.807, 2.05) is 22.9 Å². The van der Waals surface area contributed by atoms with Crippen LogP contribution in [0.4, 0.5) is 0 Å². The van der Waals surface area contributed by atoms with Crippen LogP contribution >= 0.6 is 23.2 Å². The van der Waals surface area contributed by atoms with Crippen molar-refractivity contribution in [3.05, 3.63) is 70.5 Å². The minimum atomic E-state index is 0.252. The Bertz CT molecular complexity index is 766. The van der Waals surface area contributed by atoms with Crippen molar-refractivity contribution < 1.29 is 5.11 Å². The monoisotopic (exact) mass is 318 g/mol. The van der Waals surface area contributed by atoms with Crippen LogP contribution in [0.15, 0.2) is 54.9 Å². The molecule has 1 aromatic heterocycles. The summed E-state index contributed by atoms with van der Waals surface area (Å²) in [5.74, 6) is 1.01. The minimum absolute atomic E-state index is 0.252. The molecule has 0 saturated carbocycles. The van der Waals surface area contributed by atoms with Crippen molar-refractivity contribution in [2.45, 2.75) is 6.54 Å². The summed E-state index contributed by atoms with van der Waals surface area (Å²) >= 11 is 12.3. The van der Waals surface area contributed by atoms with Gasteiger partial charge < -0.3 is 9.67 Å². The predicted octanol–water partition coefficient (Wildman–Crippen LogP) is 4.61. The Hall–Kier alpha value is -1.97. The van der Waals surface area contributed by atoms with Gasteiger partial charge in [0.25, 0.3) is 0 Å². The van der Waals surface area contributed by atoms with Crippen LogP contribution in [0.2, 0.25) is 10.0 Å². The Labute approximate surface area is 132 Å². The van der Waals surface area contributed by atoms with Crippen molar-refractivity contribution in [1.82, 2.24) is 9.55 Å². The molecule has 0 aliphatic heterocycles. The number of hydrogen-bond acceptors (Lipinski definition) is 2. The number of aromatic hydroxyl groups is 1. The van der Waals surface area contributed by atoms with Crippen LogP contribution in [0.25, 0.3) is 11.4 Å². The van der Waals surface area contributed by atoms with Crippen molar-refractivity contribution in [3.8, 4) is 17.1 Å². The lowest BCUT2D eigenvalue weighted by molar-refractivity contribution is 0.475. The molecule has 21 heavy (non-hydrogen) atoms. The molecule has 0 bridgehead atoms. The number of aromatic nitrogens is 2. The zero-order chi connectivity index (χ0) is 14.8. The number of benzene rings is 2. The Morgan fingerprint density at radius 3 is 2.57 bits per heavy atom. The quantitative estimate of drug-likeness (QED) is 0.765. The topological polar surface area (TPSA) is 38.0 Å².